The van der Waals surface area contributed by atoms with Gasteiger partial charge in [0, 0.05) is 0 Å². The van der Waals surface area contributed by atoms with Gasteiger partial charge in [-0.15, -0.1) is 0 Å². The topological polar surface area (TPSA) is 90.7 Å². The van der Waals surface area contributed by atoms with E-state index < -0.39 is 17.8 Å². The Morgan fingerprint density at radius 3 is 2.22 bits per heavy atom. The molecule has 0 atom stereocenters. The first kappa shape index (κ1) is 16.5. The Morgan fingerprint density at radius 1 is 0.926 bits per heavy atom. The fourth-order valence-electron chi connectivity index (χ4n) is 2.83. The van der Waals surface area contributed by atoms with Gasteiger partial charge in [0.2, 0.25) is 0 Å². The van der Waals surface area contributed by atoms with E-state index >= 15 is 0 Å². The summed E-state index contributed by atoms with van der Waals surface area (Å²) in [5.41, 5.74) is 0.928. The van der Waals surface area contributed by atoms with Gasteiger partial charge >= 0.3 is 5.97 Å². The number of para-hydroxylation sites is 2. The van der Waals surface area contributed by atoms with Crippen molar-refractivity contribution in [2.45, 2.75) is 0 Å². The Labute approximate surface area is 153 Å². The van der Waals surface area contributed by atoms with E-state index in [2.05, 4.69) is 5.10 Å². The van der Waals surface area contributed by atoms with Gasteiger partial charge < -0.3 is 9.57 Å². The van der Waals surface area contributed by atoms with Crippen molar-refractivity contribution < 1.29 is 24.0 Å². The smallest absolute Gasteiger partial charge is 0.382 e. The number of aromatic nitrogens is 2. The summed E-state index contributed by atoms with van der Waals surface area (Å²) >= 11 is 0. The molecule has 0 spiro atoms. The zero-order valence-electron chi connectivity index (χ0n) is 14.2. The average Bonchev–Trinajstić information content (AvgIpc) is 3.28. The lowest BCUT2D eigenvalue weighted by atomic mass is 10.1. The van der Waals surface area contributed by atoms with Gasteiger partial charge in [-0.2, -0.15) is 5.10 Å². The molecule has 2 aromatic carbocycles. The Balaban J connectivity index is 1.64. The Kier molecular flexibility index (Phi) is 3.92. The highest BCUT2D eigenvalue weighted by molar-refractivity contribution is 6.21. The molecule has 4 rings (SSSR count). The first-order valence-electron chi connectivity index (χ1n) is 7.99. The first-order chi connectivity index (χ1) is 13.1. The van der Waals surface area contributed by atoms with E-state index in [1.54, 1.807) is 36.4 Å². The van der Waals surface area contributed by atoms with Crippen molar-refractivity contribution in [1.29, 1.82) is 0 Å². The molecule has 1 aromatic heterocycles. The standard InChI is InChI=1S/C19H13N3O5/c1-26-16-9-5-4-8-14(16)21-15(10-11-20-21)19(25)27-22-17(23)12-6-2-3-7-13(12)18(22)24/h2-11H,1H3. The molecule has 0 bridgehead atoms. The van der Waals surface area contributed by atoms with Gasteiger partial charge in [0.25, 0.3) is 11.8 Å². The third-order valence-corrected chi connectivity index (χ3v) is 4.10. The number of hydrogen-bond donors (Lipinski definition) is 0. The lowest BCUT2D eigenvalue weighted by Gasteiger charge is -2.14. The number of fused-ring (bicyclic) bond motifs is 1. The van der Waals surface area contributed by atoms with Gasteiger partial charge in [0.1, 0.15) is 11.4 Å². The average molecular weight is 363 g/mol. The van der Waals surface area contributed by atoms with E-state index in [4.69, 9.17) is 9.57 Å². The van der Waals surface area contributed by atoms with Crippen LogP contribution >= 0.6 is 0 Å². The Morgan fingerprint density at radius 2 is 1.56 bits per heavy atom. The van der Waals surface area contributed by atoms with Crippen LogP contribution in [0.4, 0.5) is 0 Å². The molecule has 3 aromatic rings. The summed E-state index contributed by atoms with van der Waals surface area (Å²) in [5.74, 6) is -1.77. The van der Waals surface area contributed by atoms with Crippen LogP contribution in [0.3, 0.4) is 0 Å². The second-order valence-corrected chi connectivity index (χ2v) is 5.63. The minimum absolute atomic E-state index is 0.0380. The number of carbonyl (C=O) groups excluding carboxylic acids is 3. The predicted octanol–water partition coefficient (Wildman–Crippen LogP) is 2.25. The van der Waals surface area contributed by atoms with Crippen LogP contribution in [0.5, 0.6) is 5.75 Å². The van der Waals surface area contributed by atoms with E-state index in [9.17, 15) is 14.4 Å². The van der Waals surface area contributed by atoms with Gasteiger partial charge in [-0.05, 0) is 30.3 Å². The largest absolute Gasteiger partial charge is 0.494 e. The third-order valence-electron chi connectivity index (χ3n) is 4.10. The second-order valence-electron chi connectivity index (χ2n) is 5.63. The van der Waals surface area contributed by atoms with Crippen LogP contribution in [0.1, 0.15) is 31.2 Å². The van der Waals surface area contributed by atoms with Crippen LogP contribution in [0.2, 0.25) is 0 Å². The van der Waals surface area contributed by atoms with Gasteiger partial charge in [0.05, 0.1) is 24.4 Å². The SMILES string of the molecule is COc1ccccc1-n1nccc1C(=O)ON1C(=O)c2ccccc2C1=O. The summed E-state index contributed by atoms with van der Waals surface area (Å²) in [6, 6.07) is 14.7. The van der Waals surface area contributed by atoms with Crippen molar-refractivity contribution in [3.63, 3.8) is 0 Å². The molecule has 2 amide bonds. The van der Waals surface area contributed by atoms with Crippen molar-refractivity contribution in [2.24, 2.45) is 0 Å². The molecule has 0 aliphatic carbocycles. The van der Waals surface area contributed by atoms with Crippen LogP contribution in [-0.4, -0.2) is 39.7 Å². The highest BCUT2D eigenvalue weighted by Gasteiger charge is 2.39. The number of hydroxylamine groups is 2. The zero-order valence-corrected chi connectivity index (χ0v) is 14.2. The van der Waals surface area contributed by atoms with Crippen LogP contribution in [0.15, 0.2) is 60.8 Å². The van der Waals surface area contributed by atoms with Gasteiger partial charge in [-0.3, -0.25) is 9.59 Å². The van der Waals surface area contributed by atoms with Crippen LogP contribution in [0.25, 0.3) is 5.69 Å². The number of nitrogens with zero attached hydrogens (tertiary/aromatic N) is 3. The summed E-state index contributed by atoms with van der Waals surface area (Å²) in [6.45, 7) is 0. The minimum Gasteiger partial charge on any atom is -0.494 e. The van der Waals surface area contributed by atoms with Crippen molar-refractivity contribution in [2.75, 3.05) is 7.11 Å². The zero-order chi connectivity index (χ0) is 19.0. The van der Waals surface area contributed by atoms with E-state index in [0.29, 0.717) is 16.5 Å². The van der Waals surface area contributed by atoms with E-state index in [1.165, 1.54) is 36.2 Å². The second kappa shape index (κ2) is 6.41. The molecule has 0 fully saturated rings. The number of carbonyl (C=O) groups is 3. The van der Waals surface area contributed by atoms with Crippen LogP contribution in [-0.2, 0) is 4.84 Å². The van der Waals surface area contributed by atoms with Crippen molar-refractivity contribution in [1.82, 2.24) is 14.8 Å². The van der Waals surface area contributed by atoms with Crippen molar-refractivity contribution in [3.05, 3.63) is 77.6 Å². The van der Waals surface area contributed by atoms with Gasteiger partial charge in [-0.25, -0.2) is 9.48 Å². The quantitative estimate of drug-likeness (QED) is 0.661. The third kappa shape index (κ3) is 2.63. The van der Waals surface area contributed by atoms with Gasteiger partial charge in [-0.1, -0.05) is 29.3 Å². The Bertz CT molecular complexity index is 1040. The minimum atomic E-state index is -0.895. The molecule has 27 heavy (non-hydrogen) atoms. The highest BCUT2D eigenvalue weighted by Crippen LogP contribution is 2.25. The first-order valence-corrected chi connectivity index (χ1v) is 7.99. The number of hydrogen-bond acceptors (Lipinski definition) is 6. The fraction of sp³-hybridized carbons (Fsp3) is 0.0526. The van der Waals surface area contributed by atoms with Crippen LogP contribution in [0, 0.1) is 0 Å². The molecule has 8 heteroatoms. The molecule has 8 nitrogen and oxygen atoms in total. The molecule has 0 N–H and O–H groups in total. The summed E-state index contributed by atoms with van der Waals surface area (Å²) < 4.78 is 6.60. The number of rotatable bonds is 4. The number of imide groups is 1. The number of benzene rings is 2. The molecule has 1 aliphatic heterocycles. The maximum atomic E-state index is 12.6. The molecule has 0 radical (unpaired) electrons. The molecule has 0 saturated heterocycles. The monoisotopic (exact) mass is 363 g/mol. The maximum Gasteiger partial charge on any atom is 0.382 e. The lowest BCUT2D eigenvalue weighted by molar-refractivity contribution is -0.0590. The molecule has 0 saturated carbocycles. The fourth-order valence-corrected chi connectivity index (χ4v) is 2.83. The molecular formula is C19H13N3O5. The molecule has 2 heterocycles. The van der Waals surface area contributed by atoms with E-state index in [-0.39, 0.29) is 16.8 Å². The summed E-state index contributed by atoms with van der Waals surface area (Å²) in [4.78, 5) is 42.4. The highest BCUT2D eigenvalue weighted by atomic mass is 16.7. The molecule has 1 aliphatic rings. The number of amides is 2. The van der Waals surface area contributed by atoms with Crippen molar-refractivity contribution in [3.8, 4) is 11.4 Å². The lowest BCUT2D eigenvalue weighted by Crippen LogP contribution is -2.33. The van der Waals surface area contributed by atoms with Crippen molar-refractivity contribution >= 4 is 17.8 Å². The van der Waals surface area contributed by atoms with E-state index in [1.807, 2.05) is 0 Å². The molecular weight excluding hydrogens is 350 g/mol. The summed E-state index contributed by atoms with van der Waals surface area (Å²) in [5, 5.41) is 4.58. The van der Waals surface area contributed by atoms with Gasteiger partial charge in [0.15, 0.2) is 5.69 Å². The summed E-state index contributed by atoms with van der Waals surface area (Å²) in [6.07, 6.45) is 1.41. The molecule has 134 valence electrons. The number of methoxy groups -OCH3 is 1. The maximum absolute atomic E-state index is 12.6. The molecule has 0 unspecified atom stereocenters. The summed E-state index contributed by atoms with van der Waals surface area (Å²) in [7, 11) is 1.50. The number of ether oxygens (including phenoxy) is 1. The normalized spacial score (nSPS) is 12.9. The van der Waals surface area contributed by atoms with Crippen LogP contribution < -0.4 is 4.74 Å². The van der Waals surface area contributed by atoms with E-state index in [0.717, 1.165) is 0 Å². The Hall–Kier alpha value is -3.94. The predicted molar refractivity (Wildman–Crippen MR) is 92.5 cm³/mol.